The van der Waals surface area contributed by atoms with Crippen molar-refractivity contribution in [3.63, 3.8) is 0 Å². The number of hydrogen-bond acceptors (Lipinski definition) is 4. The molecular weight excluding hydrogens is 218 g/mol. The second-order valence-electron chi connectivity index (χ2n) is 4.69. The van der Waals surface area contributed by atoms with Crippen LogP contribution in [-0.4, -0.2) is 31.1 Å². The average Bonchev–Trinajstić information content (AvgIpc) is 2.65. The SMILES string of the molecule is CN(C)C(C)(C)CNCc1ccc(C#N)s1. The van der Waals surface area contributed by atoms with Crippen LogP contribution in [0, 0.1) is 11.3 Å². The van der Waals surface area contributed by atoms with Crippen LogP contribution in [0.2, 0.25) is 0 Å². The van der Waals surface area contributed by atoms with Crippen LogP contribution in [0.25, 0.3) is 0 Å². The monoisotopic (exact) mass is 237 g/mol. The first-order valence-corrected chi connectivity index (χ1v) is 6.14. The molecule has 1 N–H and O–H groups in total. The standard InChI is InChI=1S/C12H19N3S/c1-12(2,15(3)4)9-14-8-11-6-5-10(7-13)16-11/h5-6,14H,8-9H2,1-4H3. The minimum absolute atomic E-state index is 0.148. The summed E-state index contributed by atoms with van der Waals surface area (Å²) in [5, 5.41) is 12.1. The molecular formula is C12H19N3S. The van der Waals surface area contributed by atoms with Crippen molar-refractivity contribution in [3.05, 3.63) is 21.9 Å². The zero-order valence-electron chi connectivity index (χ0n) is 10.4. The Kier molecular flexibility index (Phi) is 4.48. The number of nitrogens with one attached hydrogen (secondary N) is 1. The fraction of sp³-hybridized carbons (Fsp3) is 0.583. The molecule has 16 heavy (non-hydrogen) atoms. The minimum atomic E-state index is 0.148. The zero-order valence-corrected chi connectivity index (χ0v) is 11.2. The number of nitriles is 1. The number of rotatable bonds is 5. The first-order valence-electron chi connectivity index (χ1n) is 5.32. The Morgan fingerprint density at radius 1 is 1.44 bits per heavy atom. The van der Waals surface area contributed by atoms with E-state index in [4.69, 9.17) is 5.26 Å². The Bertz CT molecular complexity index is 374. The van der Waals surface area contributed by atoms with E-state index in [2.05, 4.69) is 44.2 Å². The smallest absolute Gasteiger partial charge is 0.110 e. The topological polar surface area (TPSA) is 39.1 Å². The molecule has 0 radical (unpaired) electrons. The summed E-state index contributed by atoms with van der Waals surface area (Å²) >= 11 is 1.55. The summed E-state index contributed by atoms with van der Waals surface area (Å²) in [5.41, 5.74) is 0.148. The lowest BCUT2D eigenvalue weighted by Crippen LogP contribution is -2.46. The number of likely N-dealkylation sites (N-methyl/N-ethyl adjacent to an activating group) is 1. The summed E-state index contributed by atoms with van der Waals surface area (Å²) < 4.78 is 0. The van der Waals surface area contributed by atoms with E-state index in [1.165, 1.54) is 4.88 Å². The van der Waals surface area contributed by atoms with Gasteiger partial charge >= 0.3 is 0 Å². The van der Waals surface area contributed by atoms with E-state index in [1.54, 1.807) is 11.3 Å². The third-order valence-corrected chi connectivity index (χ3v) is 3.83. The van der Waals surface area contributed by atoms with E-state index in [9.17, 15) is 0 Å². The van der Waals surface area contributed by atoms with Gasteiger partial charge in [0.1, 0.15) is 10.9 Å². The van der Waals surface area contributed by atoms with Gasteiger partial charge in [-0.15, -0.1) is 11.3 Å². The highest BCUT2D eigenvalue weighted by Gasteiger charge is 2.19. The molecule has 3 nitrogen and oxygen atoms in total. The van der Waals surface area contributed by atoms with Gasteiger partial charge in [-0.05, 0) is 40.1 Å². The molecule has 0 aliphatic carbocycles. The van der Waals surface area contributed by atoms with Crippen LogP contribution in [-0.2, 0) is 6.54 Å². The van der Waals surface area contributed by atoms with Crippen molar-refractivity contribution in [1.29, 1.82) is 5.26 Å². The fourth-order valence-electron chi connectivity index (χ4n) is 1.18. The van der Waals surface area contributed by atoms with E-state index < -0.39 is 0 Å². The first-order chi connectivity index (χ1) is 7.45. The minimum Gasteiger partial charge on any atom is -0.310 e. The second kappa shape index (κ2) is 5.44. The fourth-order valence-corrected chi connectivity index (χ4v) is 1.96. The highest BCUT2D eigenvalue weighted by Crippen LogP contribution is 2.15. The molecule has 88 valence electrons. The molecule has 0 aliphatic rings. The maximum Gasteiger partial charge on any atom is 0.110 e. The Morgan fingerprint density at radius 2 is 2.12 bits per heavy atom. The largest absolute Gasteiger partial charge is 0.310 e. The quantitative estimate of drug-likeness (QED) is 0.852. The Labute approximate surface area is 102 Å². The first kappa shape index (κ1) is 13.2. The molecule has 0 aromatic carbocycles. The molecule has 0 saturated carbocycles. The third-order valence-electron chi connectivity index (χ3n) is 2.84. The predicted molar refractivity (Wildman–Crippen MR) is 68.5 cm³/mol. The molecule has 1 rings (SSSR count). The summed E-state index contributed by atoms with van der Waals surface area (Å²) in [6.07, 6.45) is 0. The van der Waals surface area contributed by atoms with E-state index in [1.807, 2.05) is 12.1 Å². The summed E-state index contributed by atoms with van der Waals surface area (Å²) in [5.74, 6) is 0. The van der Waals surface area contributed by atoms with Crippen molar-refractivity contribution in [2.75, 3.05) is 20.6 Å². The van der Waals surface area contributed by atoms with Gasteiger partial charge in [-0.1, -0.05) is 0 Å². The molecule has 1 aromatic heterocycles. The third kappa shape index (κ3) is 3.60. The number of nitrogens with zero attached hydrogens (tertiary/aromatic N) is 2. The normalized spacial score (nSPS) is 11.8. The van der Waals surface area contributed by atoms with Gasteiger partial charge in [0, 0.05) is 23.5 Å². The van der Waals surface area contributed by atoms with Gasteiger partial charge in [-0.25, -0.2) is 0 Å². The van der Waals surface area contributed by atoms with Crippen LogP contribution in [0.5, 0.6) is 0 Å². The lowest BCUT2D eigenvalue weighted by atomic mass is 10.0. The number of thiophene rings is 1. The Morgan fingerprint density at radius 3 is 2.62 bits per heavy atom. The van der Waals surface area contributed by atoms with Crippen molar-refractivity contribution in [3.8, 4) is 6.07 Å². The van der Waals surface area contributed by atoms with Crippen LogP contribution in [0.15, 0.2) is 12.1 Å². The van der Waals surface area contributed by atoms with Gasteiger partial charge in [0.25, 0.3) is 0 Å². The van der Waals surface area contributed by atoms with E-state index >= 15 is 0 Å². The van der Waals surface area contributed by atoms with Crippen molar-refractivity contribution >= 4 is 11.3 Å². The van der Waals surface area contributed by atoms with Crippen LogP contribution >= 0.6 is 11.3 Å². The number of hydrogen-bond donors (Lipinski definition) is 1. The Balaban J connectivity index is 2.39. The van der Waals surface area contributed by atoms with Crippen molar-refractivity contribution in [2.24, 2.45) is 0 Å². The maximum atomic E-state index is 8.71. The molecule has 0 spiro atoms. The average molecular weight is 237 g/mol. The molecule has 1 aromatic rings. The molecule has 0 bridgehead atoms. The molecule has 0 aliphatic heterocycles. The summed E-state index contributed by atoms with van der Waals surface area (Å²) in [6.45, 7) is 6.17. The molecule has 4 heteroatoms. The molecule has 0 atom stereocenters. The van der Waals surface area contributed by atoms with Gasteiger partial charge in [-0.3, -0.25) is 0 Å². The van der Waals surface area contributed by atoms with Crippen molar-refractivity contribution in [2.45, 2.75) is 25.9 Å². The summed E-state index contributed by atoms with van der Waals surface area (Å²) in [7, 11) is 4.17. The van der Waals surface area contributed by atoms with E-state index in [0.717, 1.165) is 18.0 Å². The Hall–Kier alpha value is -0.890. The van der Waals surface area contributed by atoms with E-state index in [0.29, 0.717) is 0 Å². The molecule has 0 unspecified atom stereocenters. The maximum absolute atomic E-state index is 8.71. The van der Waals surface area contributed by atoms with Crippen LogP contribution in [0.3, 0.4) is 0 Å². The van der Waals surface area contributed by atoms with Gasteiger partial charge in [-0.2, -0.15) is 5.26 Å². The highest BCUT2D eigenvalue weighted by atomic mass is 32.1. The summed E-state index contributed by atoms with van der Waals surface area (Å²) in [4.78, 5) is 4.20. The van der Waals surface area contributed by atoms with Crippen LogP contribution in [0.1, 0.15) is 23.6 Å². The van der Waals surface area contributed by atoms with Gasteiger partial charge in [0.2, 0.25) is 0 Å². The lowest BCUT2D eigenvalue weighted by molar-refractivity contribution is 0.190. The van der Waals surface area contributed by atoms with Gasteiger partial charge < -0.3 is 10.2 Å². The lowest BCUT2D eigenvalue weighted by Gasteiger charge is -2.32. The highest BCUT2D eigenvalue weighted by molar-refractivity contribution is 7.12. The molecule has 1 heterocycles. The van der Waals surface area contributed by atoms with E-state index in [-0.39, 0.29) is 5.54 Å². The van der Waals surface area contributed by atoms with Gasteiger partial charge in [0.05, 0.1) is 0 Å². The van der Waals surface area contributed by atoms with Gasteiger partial charge in [0.15, 0.2) is 0 Å². The van der Waals surface area contributed by atoms with Crippen molar-refractivity contribution < 1.29 is 0 Å². The molecule has 0 fully saturated rings. The predicted octanol–water partition coefficient (Wildman–Crippen LogP) is 2.05. The van der Waals surface area contributed by atoms with Crippen LogP contribution < -0.4 is 5.32 Å². The second-order valence-corrected chi connectivity index (χ2v) is 5.86. The summed E-state index contributed by atoms with van der Waals surface area (Å²) in [6, 6.07) is 6.04. The molecule has 0 saturated heterocycles. The zero-order chi connectivity index (χ0) is 12.2. The molecule has 0 amide bonds. The van der Waals surface area contributed by atoms with Crippen molar-refractivity contribution in [1.82, 2.24) is 10.2 Å². The van der Waals surface area contributed by atoms with Crippen LogP contribution in [0.4, 0.5) is 0 Å².